The highest BCUT2D eigenvalue weighted by atomic mass is 35.5. The van der Waals surface area contributed by atoms with Gasteiger partial charge in [-0.1, -0.05) is 17.7 Å². The molecule has 1 aromatic heterocycles. The van der Waals surface area contributed by atoms with Crippen LogP contribution in [0.15, 0.2) is 28.5 Å². The maximum absolute atomic E-state index is 12.2. The number of sulfonamides is 1. The number of thiophene rings is 1. The van der Waals surface area contributed by atoms with E-state index in [4.69, 9.17) is 21.1 Å². The molecule has 0 aliphatic heterocycles. The summed E-state index contributed by atoms with van der Waals surface area (Å²) in [5, 5.41) is 0. The molecule has 0 spiro atoms. The Kier molecular flexibility index (Phi) is 5.91. The van der Waals surface area contributed by atoms with Gasteiger partial charge in [-0.15, -0.1) is 11.3 Å². The molecule has 1 N–H and O–H groups in total. The molecule has 2 aromatic rings. The minimum Gasteiger partial charge on any atom is -0.493 e. The first kappa shape index (κ1) is 18.1. The Morgan fingerprint density at radius 1 is 1.17 bits per heavy atom. The zero-order chi connectivity index (χ0) is 17.0. The van der Waals surface area contributed by atoms with E-state index in [-0.39, 0.29) is 10.8 Å². The van der Waals surface area contributed by atoms with E-state index < -0.39 is 10.0 Å². The van der Waals surface area contributed by atoms with Crippen LogP contribution >= 0.6 is 22.9 Å². The summed E-state index contributed by atoms with van der Waals surface area (Å²) >= 11 is 6.98. The van der Waals surface area contributed by atoms with Gasteiger partial charge in [0.15, 0.2) is 11.5 Å². The summed E-state index contributed by atoms with van der Waals surface area (Å²) in [4.78, 5) is 0. The summed E-state index contributed by atoms with van der Waals surface area (Å²) in [5.41, 5.74) is 1.71. The molecule has 5 nitrogen and oxygen atoms in total. The van der Waals surface area contributed by atoms with E-state index in [2.05, 4.69) is 4.72 Å². The molecule has 126 valence electrons. The van der Waals surface area contributed by atoms with Crippen molar-refractivity contribution < 1.29 is 17.9 Å². The molecule has 2 rings (SSSR count). The van der Waals surface area contributed by atoms with E-state index in [9.17, 15) is 8.42 Å². The van der Waals surface area contributed by atoms with E-state index in [0.717, 1.165) is 22.5 Å². The second kappa shape index (κ2) is 7.53. The minimum absolute atomic E-state index is 0.229. The fourth-order valence-electron chi connectivity index (χ4n) is 2.00. The number of hydrogen-bond donors (Lipinski definition) is 1. The Labute approximate surface area is 145 Å². The normalized spacial score (nSPS) is 11.5. The smallest absolute Gasteiger partial charge is 0.250 e. The molecule has 0 radical (unpaired) electrons. The van der Waals surface area contributed by atoms with Crippen LogP contribution in [0.3, 0.4) is 0 Å². The van der Waals surface area contributed by atoms with E-state index in [1.165, 1.54) is 0 Å². The molecular weight excluding hydrogens is 358 g/mol. The molecule has 1 aromatic carbocycles. The summed E-state index contributed by atoms with van der Waals surface area (Å²) in [7, 11) is -0.401. The second-order valence-electron chi connectivity index (χ2n) is 4.86. The van der Waals surface area contributed by atoms with Gasteiger partial charge in [0.05, 0.1) is 18.6 Å². The number of nitrogens with one attached hydrogen (secondary N) is 1. The number of aryl methyl sites for hydroxylation is 1. The maximum atomic E-state index is 12.2. The van der Waals surface area contributed by atoms with Crippen LogP contribution in [0.25, 0.3) is 0 Å². The lowest BCUT2D eigenvalue weighted by Gasteiger charge is -2.10. The number of ether oxygens (including phenoxy) is 2. The van der Waals surface area contributed by atoms with Crippen molar-refractivity contribution in [2.24, 2.45) is 0 Å². The lowest BCUT2D eigenvalue weighted by Crippen LogP contribution is -2.25. The van der Waals surface area contributed by atoms with Crippen LogP contribution in [0.4, 0.5) is 0 Å². The third kappa shape index (κ3) is 4.38. The van der Waals surface area contributed by atoms with Gasteiger partial charge in [-0.25, -0.2) is 13.1 Å². The van der Waals surface area contributed by atoms with Crippen LogP contribution in [0.5, 0.6) is 11.5 Å². The fourth-order valence-corrected chi connectivity index (χ4v) is 4.79. The Morgan fingerprint density at radius 2 is 1.87 bits per heavy atom. The molecule has 0 saturated carbocycles. The molecule has 8 heteroatoms. The fraction of sp³-hybridized carbons (Fsp3) is 0.333. The lowest BCUT2D eigenvalue weighted by atomic mass is 10.1. The van der Waals surface area contributed by atoms with Crippen LogP contribution < -0.4 is 14.2 Å². The molecule has 1 heterocycles. The summed E-state index contributed by atoms with van der Waals surface area (Å²) in [6.07, 6.45) is 0.539. The van der Waals surface area contributed by atoms with E-state index in [0.29, 0.717) is 22.3 Å². The van der Waals surface area contributed by atoms with Gasteiger partial charge in [-0.2, -0.15) is 0 Å². The van der Waals surface area contributed by atoms with Crippen molar-refractivity contribution in [3.8, 4) is 11.5 Å². The van der Waals surface area contributed by atoms with E-state index in [1.54, 1.807) is 33.3 Å². The van der Waals surface area contributed by atoms with E-state index in [1.807, 2.05) is 12.1 Å². The molecule has 0 fully saturated rings. The Hall–Kier alpha value is -1.28. The Bertz CT molecular complexity index is 767. The molecule has 0 atom stereocenters. The third-order valence-corrected chi connectivity index (χ3v) is 6.74. The summed E-state index contributed by atoms with van der Waals surface area (Å²) < 4.78 is 38.1. The third-order valence-electron chi connectivity index (χ3n) is 3.25. The number of benzene rings is 1. The van der Waals surface area contributed by atoms with Crippen LogP contribution in [0.1, 0.15) is 11.1 Å². The van der Waals surface area contributed by atoms with Crippen LogP contribution in [0.2, 0.25) is 4.34 Å². The van der Waals surface area contributed by atoms with Gasteiger partial charge in [0.1, 0.15) is 4.21 Å². The molecule has 0 amide bonds. The molecule has 0 aliphatic carbocycles. The van der Waals surface area contributed by atoms with Gasteiger partial charge >= 0.3 is 0 Å². The standard InChI is InChI=1S/C15H18ClNO4S2/c1-10-8-14(22-15(10)16)23(18,19)17-7-6-11-4-5-12(20-2)13(9-11)21-3/h4-5,8-9,17H,6-7H2,1-3H3. The van der Waals surface area contributed by atoms with Gasteiger partial charge in [0, 0.05) is 6.54 Å². The largest absolute Gasteiger partial charge is 0.493 e. The first-order chi connectivity index (χ1) is 10.9. The summed E-state index contributed by atoms with van der Waals surface area (Å²) in [5.74, 6) is 1.26. The molecule has 0 unspecified atom stereocenters. The highest BCUT2D eigenvalue weighted by molar-refractivity contribution is 7.91. The van der Waals surface area contributed by atoms with Gasteiger partial charge in [0.2, 0.25) is 10.0 Å². The average Bonchev–Trinajstić information content (AvgIpc) is 2.87. The topological polar surface area (TPSA) is 64.6 Å². The molecule has 0 bridgehead atoms. The van der Waals surface area contributed by atoms with Crippen molar-refractivity contribution >= 4 is 33.0 Å². The SMILES string of the molecule is COc1ccc(CCNS(=O)(=O)c2cc(C)c(Cl)s2)cc1OC. The van der Waals surface area contributed by atoms with Gasteiger partial charge < -0.3 is 9.47 Å². The average molecular weight is 376 g/mol. The zero-order valence-electron chi connectivity index (χ0n) is 13.1. The van der Waals surface area contributed by atoms with Crippen molar-refractivity contribution in [1.82, 2.24) is 4.72 Å². The monoisotopic (exact) mass is 375 g/mol. The zero-order valence-corrected chi connectivity index (χ0v) is 15.4. The van der Waals surface area contributed by atoms with Crippen molar-refractivity contribution in [3.63, 3.8) is 0 Å². The van der Waals surface area contributed by atoms with Gasteiger partial charge in [-0.05, 0) is 42.7 Å². The lowest BCUT2D eigenvalue weighted by molar-refractivity contribution is 0.354. The van der Waals surface area contributed by atoms with Crippen LogP contribution in [-0.4, -0.2) is 29.2 Å². The number of rotatable bonds is 7. The molecule has 0 saturated heterocycles. The minimum atomic E-state index is -3.53. The highest BCUT2D eigenvalue weighted by Gasteiger charge is 2.18. The van der Waals surface area contributed by atoms with Gasteiger partial charge in [0.25, 0.3) is 0 Å². The molecule has 23 heavy (non-hydrogen) atoms. The first-order valence-corrected chi connectivity index (χ1v) is 9.51. The van der Waals surface area contributed by atoms with Crippen LogP contribution in [-0.2, 0) is 16.4 Å². The quantitative estimate of drug-likeness (QED) is 0.806. The predicted molar refractivity (Wildman–Crippen MR) is 92.5 cm³/mol. The van der Waals surface area contributed by atoms with Crippen LogP contribution in [0, 0.1) is 6.92 Å². The molecule has 0 aliphatic rings. The van der Waals surface area contributed by atoms with Crippen molar-refractivity contribution in [1.29, 1.82) is 0 Å². The number of methoxy groups -OCH3 is 2. The Morgan fingerprint density at radius 3 is 2.43 bits per heavy atom. The van der Waals surface area contributed by atoms with Gasteiger partial charge in [-0.3, -0.25) is 0 Å². The Balaban J connectivity index is 2.01. The predicted octanol–water partition coefficient (Wildman–Crippen LogP) is 3.25. The van der Waals surface area contributed by atoms with E-state index >= 15 is 0 Å². The van der Waals surface area contributed by atoms with Crippen molar-refractivity contribution in [3.05, 3.63) is 39.7 Å². The summed E-state index contributed by atoms with van der Waals surface area (Å²) in [6, 6.07) is 7.08. The number of hydrogen-bond acceptors (Lipinski definition) is 5. The first-order valence-electron chi connectivity index (χ1n) is 6.84. The van der Waals surface area contributed by atoms with Crippen molar-refractivity contribution in [2.75, 3.05) is 20.8 Å². The number of halogens is 1. The second-order valence-corrected chi connectivity index (χ2v) is 8.51. The maximum Gasteiger partial charge on any atom is 0.250 e. The summed E-state index contributed by atoms with van der Waals surface area (Å²) in [6.45, 7) is 2.06. The molecular formula is C15H18ClNO4S2. The highest BCUT2D eigenvalue weighted by Crippen LogP contribution is 2.30. The van der Waals surface area contributed by atoms with Crippen molar-refractivity contribution in [2.45, 2.75) is 17.6 Å².